The third-order valence-corrected chi connectivity index (χ3v) is 3.39. The van der Waals surface area contributed by atoms with Crippen molar-refractivity contribution in [1.82, 2.24) is 15.3 Å². The molecule has 1 saturated heterocycles. The maximum atomic E-state index is 12.2. The Kier molecular flexibility index (Phi) is 7.78. The van der Waals surface area contributed by atoms with Crippen molar-refractivity contribution in [3.63, 3.8) is 0 Å². The topological polar surface area (TPSA) is 78.7 Å². The Morgan fingerprint density at radius 1 is 1.26 bits per heavy atom. The Bertz CT molecular complexity index is 314. The van der Waals surface area contributed by atoms with E-state index in [0.717, 1.165) is 12.8 Å². The highest BCUT2D eigenvalue weighted by Crippen LogP contribution is 2.15. The number of urea groups is 1. The third kappa shape index (κ3) is 4.24. The Labute approximate surface area is 121 Å². The van der Waals surface area contributed by atoms with E-state index in [1.807, 2.05) is 20.8 Å². The largest absolute Gasteiger partial charge is 0.337 e. The Balaban J connectivity index is 0.00000324. The summed E-state index contributed by atoms with van der Waals surface area (Å²) >= 11 is 0. The van der Waals surface area contributed by atoms with Crippen LogP contribution < -0.4 is 11.1 Å². The summed E-state index contributed by atoms with van der Waals surface area (Å²) in [7, 11) is 0. The van der Waals surface area contributed by atoms with E-state index in [2.05, 4.69) is 5.32 Å². The van der Waals surface area contributed by atoms with Crippen LogP contribution in [0.15, 0.2) is 0 Å². The first kappa shape index (κ1) is 18.0. The minimum Gasteiger partial charge on any atom is -0.337 e. The summed E-state index contributed by atoms with van der Waals surface area (Å²) in [5.41, 5.74) is 5.94. The molecule has 3 amide bonds. The minimum atomic E-state index is -0.537. The number of hydrogen-bond donors (Lipinski definition) is 2. The first-order valence-electron chi connectivity index (χ1n) is 6.65. The number of nitrogens with zero attached hydrogens (tertiary/aromatic N) is 2. The Hall–Kier alpha value is -1.01. The van der Waals surface area contributed by atoms with Gasteiger partial charge in [-0.2, -0.15) is 0 Å². The average Bonchev–Trinajstić information content (AvgIpc) is 2.85. The molecule has 7 heteroatoms. The highest BCUT2D eigenvalue weighted by molar-refractivity contribution is 5.85. The molecule has 1 aliphatic rings. The third-order valence-electron chi connectivity index (χ3n) is 3.39. The van der Waals surface area contributed by atoms with E-state index in [1.165, 1.54) is 10.0 Å². The fourth-order valence-electron chi connectivity index (χ4n) is 1.96. The first-order chi connectivity index (χ1) is 8.52. The predicted octanol–water partition coefficient (Wildman–Crippen LogP) is 0.960. The van der Waals surface area contributed by atoms with Gasteiger partial charge in [0, 0.05) is 19.6 Å². The Morgan fingerprint density at radius 2 is 1.84 bits per heavy atom. The van der Waals surface area contributed by atoms with Gasteiger partial charge in [-0.3, -0.25) is 4.79 Å². The molecule has 0 aromatic carbocycles. The van der Waals surface area contributed by atoms with E-state index in [4.69, 9.17) is 5.73 Å². The fraction of sp³-hybridized carbons (Fsp3) is 0.833. The van der Waals surface area contributed by atoms with Gasteiger partial charge in [-0.05, 0) is 19.3 Å². The van der Waals surface area contributed by atoms with Crippen molar-refractivity contribution in [2.45, 2.75) is 39.7 Å². The monoisotopic (exact) mass is 292 g/mol. The van der Waals surface area contributed by atoms with Crippen LogP contribution in [0.2, 0.25) is 0 Å². The van der Waals surface area contributed by atoms with Crippen LogP contribution in [0.1, 0.15) is 33.6 Å². The van der Waals surface area contributed by atoms with Gasteiger partial charge in [-0.25, -0.2) is 14.8 Å². The standard InChI is InChI=1S/C12H24N4O2.ClH/c1-4-9(3)10(13)11(17)15-7-6-8-16(15)12(18)14-5-2;/h9-10H,4-8,13H2,1-3H3,(H,14,18);1H/t9?,10-;/m0./s1. The van der Waals surface area contributed by atoms with Crippen LogP contribution in [-0.4, -0.2) is 47.6 Å². The molecule has 0 spiro atoms. The van der Waals surface area contributed by atoms with Crippen LogP contribution in [0.4, 0.5) is 4.79 Å². The average molecular weight is 293 g/mol. The predicted molar refractivity (Wildman–Crippen MR) is 76.8 cm³/mol. The van der Waals surface area contributed by atoms with Crippen molar-refractivity contribution < 1.29 is 9.59 Å². The van der Waals surface area contributed by atoms with Crippen molar-refractivity contribution >= 4 is 24.3 Å². The van der Waals surface area contributed by atoms with Crippen LogP contribution in [0.3, 0.4) is 0 Å². The molecule has 3 N–H and O–H groups in total. The minimum absolute atomic E-state index is 0. The molecule has 1 heterocycles. The van der Waals surface area contributed by atoms with Crippen LogP contribution in [-0.2, 0) is 4.79 Å². The van der Waals surface area contributed by atoms with Crippen LogP contribution in [0, 0.1) is 5.92 Å². The smallest absolute Gasteiger partial charge is 0.336 e. The maximum absolute atomic E-state index is 12.2. The van der Waals surface area contributed by atoms with Gasteiger partial charge >= 0.3 is 6.03 Å². The number of halogens is 1. The van der Waals surface area contributed by atoms with Gasteiger partial charge in [0.15, 0.2) is 0 Å². The second kappa shape index (κ2) is 8.22. The van der Waals surface area contributed by atoms with Crippen LogP contribution in [0.25, 0.3) is 0 Å². The number of carbonyl (C=O) groups is 2. The first-order valence-corrected chi connectivity index (χ1v) is 6.65. The molecule has 112 valence electrons. The highest BCUT2D eigenvalue weighted by atomic mass is 35.5. The second-order valence-electron chi connectivity index (χ2n) is 4.68. The van der Waals surface area contributed by atoms with E-state index in [9.17, 15) is 9.59 Å². The number of nitrogens with two attached hydrogens (primary N) is 1. The number of amides is 3. The lowest BCUT2D eigenvalue weighted by Gasteiger charge is -2.31. The van der Waals surface area contributed by atoms with Crippen molar-refractivity contribution in [3.05, 3.63) is 0 Å². The van der Waals surface area contributed by atoms with E-state index >= 15 is 0 Å². The van der Waals surface area contributed by atoms with Crippen molar-refractivity contribution in [3.8, 4) is 0 Å². The second-order valence-corrected chi connectivity index (χ2v) is 4.68. The normalized spacial score (nSPS) is 17.7. The zero-order chi connectivity index (χ0) is 13.7. The number of nitrogens with one attached hydrogen (secondary N) is 1. The van der Waals surface area contributed by atoms with Gasteiger partial charge in [0.25, 0.3) is 5.91 Å². The zero-order valence-electron chi connectivity index (χ0n) is 11.9. The highest BCUT2D eigenvalue weighted by Gasteiger charge is 2.34. The molecule has 0 aliphatic carbocycles. The molecule has 1 fully saturated rings. The molecular formula is C12H25ClN4O2. The molecule has 1 aliphatic heterocycles. The SMILES string of the molecule is CCNC(=O)N1CCCN1C(=O)[C@@H](N)C(C)CC.Cl. The van der Waals surface area contributed by atoms with Gasteiger partial charge in [0.2, 0.25) is 0 Å². The lowest BCUT2D eigenvalue weighted by Crippen LogP contribution is -2.55. The van der Waals surface area contributed by atoms with Gasteiger partial charge in [-0.1, -0.05) is 20.3 Å². The number of carbonyl (C=O) groups excluding carboxylic acids is 2. The van der Waals surface area contributed by atoms with E-state index in [1.54, 1.807) is 0 Å². The Morgan fingerprint density at radius 3 is 2.37 bits per heavy atom. The summed E-state index contributed by atoms with van der Waals surface area (Å²) in [4.78, 5) is 24.0. The summed E-state index contributed by atoms with van der Waals surface area (Å²) in [5.74, 6) is -0.0395. The van der Waals surface area contributed by atoms with E-state index in [0.29, 0.717) is 19.6 Å². The summed E-state index contributed by atoms with van der Waals surface area (Å²) in [6.45, 7) is 7.50. The quantitative estimate of drug-likeness (QED) is 0.810. The zero-order valence-corrected chi connectivity index (χ0v) is 12.7. The van der Waals surface area contributed by atoms with E-state index < -0.39 is 6.04 Å². The van der Waals surface area contributed by atoms with Gasteiger partial charge in [0.1, 0.15) is 0 Å². The lowest BCUT2D eigenvalue weighted by atomic mass is 9.99. The van der Waals surface area contributed by atoms with Crippen molar-refractivity contribution in [2.75, 3.05) is 19.6 Å². The van der Waals surface area contributed by atoms with Gasteiger partial charge < -0.3 is 11.1 Å². The molecular weight excluding hydrogens is 268 g/mol. The number of hydrogen-bond acceptors (Lipinski definition) is 3. The molecule has 19 heavy (non-hydrogen) atoms. The number of rotatable bonds is 4. The lowest BCUT2D eigenvalue weighted by molar-refractivity contribution is -0.142. The van der Waals surface area contributed by atoms with Crippen molar-refractivity contribution in [1.29, 1.82) is 0 Å². The molecule has 6 nitrogen and oxygen atoms in total. The van der Waals surface area contributed by atoms with E-state index in [-0.39, 0.29) is 30.3 Å². The molecule has 1 rings (SSSR count). The van der Waals surface area contributed by atoms with Gasteiger partial charge in [0.05, 0.1) is 6.04 Å². The van der Waals surface area contributed by atoms with Crippen LogP contribution in [0.5, 0.6) is 0 Å². The molecule has 1 unspecified atom stereocenters. The molecule has 0 bridgehead atoms. The summed E-state index contributed by atoms with van der Waals surface area (Å²) in [5, 5.41) is 5.66. The molecule has 0 saturated carbocycles. The van der Waals surface area contributed by atoms with Crippen LogP contribution >= 0.6 is 12.4 Å². The summed E-state index contributed by atoms with van der Waals surface area (Å²) < 4.78 is 0. The fourth-order valence-corrected chi connectivity index (χ4v) is 1.96. The molecule has 2 atom stereocenters. The maximum Gasteiger partial charge on any atom is 0.336 e. The number of hydrazine groups is 1. The molecule has 0 aromatic heterocycles. The van der Waals surface area contributed by atoms with Gasteiger partial charge in [-0.15, -0.1) is 12.4 Å². The van der Waals surface area contributed by atoms with Crippen molar-refractivity contribution in [2.24, 2.45) is 11.7 Å². The summed E-state index contributed by atoms with van der Waals surface area (Å²) in [6, 6.07) is -0.760. The molecule has 0 radical (unpaired) electrons. The molecule has 0 aromatic rings. The summed E-state index contributed by atoms with van der Waals surface area (Å²) in [6.07, 6.45) is 1.65.